The molecule has 7 aromatic carbocycles. The van der Waals surface area contributed by atoms with Crippen LogP contribution in [0.2, 0.25) is 0 Å². The van der Waals surface area contributed by atoms with Gasteiger partial charge in [0.1, 0.15) is 0 Å². The fourth-order valence-electron chi connectivity index (χ4n) is 10.5. The molecule has 4 aliphatic carbocycles. The van der Waals surface area contributed by atoms with Crippen LogP contribution in [-0.2, 0) is 0 Å². The molecular weight excluding hydrogens is 818 g/mol. The summed E-state index contributed by atoms with van der Waals surface area (Å²) < 4.78 is 2.80. The molecule has 0 N–H and O–H groups in total. The summed E-state index contributed by atoms with van der Waals surface area (Å²) in [6.45, 7) is 0. The molecular formula is C58H35N3Se. The van der Waals surface area contributed by atoms with E-state index in [1.165, 1.54) is 80.5 Å². The van der Waals surface area contributed by atoms with Gasteiger partial charge in [0.15, 0.2) is 0 Å². The molecule has 0 saturated heterocycles. The summed E-state index contributed by atoms with van der Waals surface area (Å²) in [6, 6.07) is 61.3. The fourth-order valence-corrected chi connectivity index (χ4v) is 12.9. The van der Waals surface area contributed by atoms with E-state index in [1.54, 1.807) is 0 Å². The fraction of sp³-hybridized carbons (Fsp3) is 0.0172. The van der Waals surface area contributed by atoms with E-state index < -0.39 is 5.41 Å². The Morgan fingerprint density at radius 3 is 1.74 bits per heavy atom. The standard InChI is InChI=1S/C58H35N3Se/c1-3-16-36(17-4-1)53-56(37-18-5-2-6-19-37)59-61-60-57(53)45-25-12-11-24-44(45)54-46(30-32-52-55(54)47-26-13-14-28-51(47)62-52)48-31-29-43-41-23-10-8-21-39(41)35-50(43)58(48)33-15-27-42-40-22-9-7-20-38(40)34-49(42)58/h1-35H. The molecule has 0 amide bonds. The van der Waals surface area contributed by atoms with Crippen LogP contribution in [0.1, 0.15) is 27.8 Å². The van der Waals surface area contributed by atoms with Crippen molar-refractivity contribution in [1.29, 1.82) is 0 Å². The first kappa shape index (κ1) is 35.3. The zero-order valence-electron chi connectivity index (χ0n) is 33.5. The second-order valence-corrected chi connectivity index (χ2v) is 18.6. The number of rotatable bonds is 5. The molecule has 2 aromatic heterocycles. The van der Waals surface area contributed by atoms with Crippen molar-refractivity contribution in [2.24, 2.45) is 5.41 Å². The Bertz CT molecular complexity index is 3540. The molecule has 13 rings (SSSR count). The molecule has 4 aliphatic rings. The van der Waals surface area contributed by atoms with Gasteiger partial charge in [0.2, 0.25) is 0 Å². The maximum atomic E-state index is 4.98. The van der Waals surface area contributed by atoms with Crippen molar-refractivity contribution in [3.05, 3.63) is 239 Å². The van der Waals surface area contributed by atoms with Crippen LogP contribution >= 0.6 is 0 Å². The Morgan fingerprint density at radius 2 is 1.00 bits per heavy atom. The molecule has 288 valence electrons. The minimum atomic E-state index is -0.570. The molecule has 3 nitrogen and oxygen atoms in total. The Kier molecular flexibility index (Phi) is 7.84. The van der Waals surface area contributed by atoms with Crippen molar-refractivity contribution in [2.45, 2.75) is 0 Å². The van der Waals surface area contributed by atoms with E-state index in [0.717, 1.165) is 39.2 Å². The first-order valence-electron chi connectivity index (χ1n) is 21.1. The van der Waals surface area contributed by atoms with Crippen LogP contribution in [0.3, 0.4) is 0 Å². The minimum absolute atomic E-state index is 0.151. The maximum absolute atomic E-state index is 4.98. The summed E-state index contributed by atoms with van der Waals surface area (Å²) >= 11 is 0.151. The van der Waals surface area contributed by atoms with Crippen molar-refractivity contribution in [3.8, 4) is 44.8 Å². The number of fused-ring (bicyclic) bond motifs is 11. The van der Waals surface area contributed by atoms with E-state index in [4.69, 9.17) is 10.2 Å². The molecule has 62 heavy (non-hydrogen) atoms. The zero-order chi connectivity index (χ0) is 40.8. The van der Waals surface area contributed by atoms with E-state index in [-0.39, 0.29) is 14.5 Å². The molecule has 1 unspecified atom stereocenters. The van der Waals surface area contributed by atoms with Gasteiger partial charge in [0.25, 0.3) is 0 Å². The summed E-state index contributed by atoms with van der Waals surface area (Å²) in [4.78, 5) is 0. The van der Waals surface area contributed by atoms with E-state index in [9.17, 15) is 0 Å². The average Bonchev–Trinajstić information content (AvgIpc) is 4.04. The van der Waals surface area contributed by atoms with E-state index >= 15 is 0 Å². The predicted octanol–water partition coefficient (Wildman–Crippen LogP) is 13.8. The number of nitrogens with zero attached hydrogens (tertiary/aromatic N) is 3. The number of aromatic nitrogens is 3. The summed E-state index contributed by atoms with van der Waals surface area (Å²) in [5.41, 5.74) is 20.2. The van der Waals surface area contributed by atoms with Crippen LogP contribution in [0.25, 0.3) is 92.9 Å². The van der Waals surface area contributed by atoms with Crippen molar-refractivity contribution >= 4 is 62.7 Å². The Labute approximate surface area is 365 Å². The van der Waals surface area contributed by atoms with Gasteiger partial charge < -0.3 is 0 Å². The van der Waals surface area contributed by atoms with Gasteiger partial charge in [-0.3, -0.25) is 0 Å². The normalized spacial score (nSPS) is 16.9. The van der Waals surface area contributed by atoms with Gasteiger partial charge in [-0.15, -0.1) is 0 Å². The van der Waals surface area contributed by atoms with Crippen molar-refractivity contribution in [2.75, 3.05) is 0 Å². The van der Waals surface area contributed by atoms with Crippen LogP contribution in [0.15, 0.2) is 211 Å². The molecule has 9 aromatic rings. The molecule has 0 bridgehead atoms. The third kappa shape index (κ3) is 5.09. The van der Waals surface area contributed by atoms with Gasteiger partial charge in [0, 0.05) is 0 Å². The number of hydrogen-bond donors (Lipinski definition) is 0. The van der Waals surface area contributed by atoms with Gasteiger partial charge >= 0.3 is 367 Å². The van der Waals surface area contributed by atoms with Crippen molar-refractivity contribution in [1.82, 2.24) is 15.4 Å². The second kappa shape index (κ2) is 13.8. The quantitative estimate of drug-likeness (QED) is 0.162. The second-order valence-electron chi connectivity index (χ2n) is 16.3. The van der Waals surface area contributed by atoms with Gasteiger partial charge in [0.05, 0.1) is 0 Å². The van der Waals surface area contributed by atoms with Gasteiger partial charge in [-0.05, 0) is 0 Å². The average molecular weight is 853 g/mol. The summed E-state index contributed by atoms with van der Waals surface area (Å²) in [6.07, 6.45) is 16.8. The summed E-state index contributed by atoms with van der Waals surface area (Å²) in [7, 11) is 0. The van der Waals surface area contributed by atoms with Gasteiger partial charge in [-0.25, -0.2) is 0 Å². The van der Waals surface area contributed by atoms with E-state index in [1.807, 2.05) is 6.07 Å². The van der Waals surface area contributed by atoms with Crippen molar-refractivity contribution in [3.63, 3.8) is 0 Å². The monoisotopic (exact) mass is 853 g/mol. The van der Waals surface area contributed by atoms with E-state index in [2.05, 4.69) is 212 Å². The first-order valence-corrected chi connectivity index (χ1v) is 22.8. The Balaban J connectivity index is 1.13. The predicted molar refractivity (Wildman–Crippen MR) is 258 cm³/mol. The van der Waals surface area contributed by atoms with Gasteiger partial charge in [-0.2, -0.15) is 0 Å². The first-order chi connectivity index (χ1) is 30.8. The molecule has 2 heterocycles. The molecule has 0 saturated carbocycles. The summed E-state index contributed by atoms with van der Waals surface area (Å²) in [5, 5.41) is 16.9. The van der Waals surface area contributed by atoms with Crippen molar-refractivity contribution < 1.29 is 0 Å². The topological polar surface area (TPSA) is 38.7 Å². The summed E-state index contributed by atoms with van der Waals surface area (Å²) in [5.74, 6) is 0. The SMILES string of the molecule is C1=CC2(C3=Cc4ccccc4C3=C1)C1=Cc3ccccc3C1=CC=C2c1ccc2[se]c3ccccc3c2c1-c1ccccc1-c1nnnc(-c2ccccc2)c1-c1ccccc1. The molecule has 0 radical (unpaired) electrons. The zero-order valence-corrected chi connectivity index (χ0v) is 35.2. The molecule has 0 aliphatic heterocycles. The Morgan fingerprint density at radius 1 is 0.403 bits per heavy atom. The third-order valence-electron chi connectivity index (χ3n) is 13.1. The molecule has 1 atom stereocenters. The number of benzene rings is 7. The number of hydrogen-bond acceptors (Lipinski definition) is 3. The van der Waals surface area contributed by atoms with E-state index in [0.29, 0.717) is 0 Å². The van der Waals surface area contributed by atoms with Crippen LogP contribution in [0, 0.1) is 5.41 Å². The molecule has 0 fully saturated rings. The van der Waals surface area contributed by atoms with Crippen LogP contribution in [0.5, 0.6) is 0 Å². The Hall–Kier alpha value is -7.49. The number of allylic oxidation sites excluding steroid dienone is 10. The molecule has 1 spiro atoms. The van der Waals surface area contributed by atoms with Crippen LogP contribution in [0.4, 0.5) is 0 Å². The third-order valence-corrected chi connectivity index (χ3v) is 15.5. The molecule has 4 heteroatoms. The van der Waals surface area contributed by atoms with Crippen LogP contribution in [-0.4, -0.2) is 29.9 Å². The van der Waals surface area contributed by atoms with Gasteiger partial charge in [-0.1, -0.05) is 0 Å². The van der Waals surface area contributed by atoms with Crippen LogP contribution < -0.4 is 0 Å².